The van der Waals surface area contributed by atoms with Crippen LogP contribution in [0, 0.1) is 6.92 Å². The van der Waals surface area contributed by atoms with Crippen LogP contribution in [0.15, 0.2) is 55.2 Å². The fraction of sp³-hybridized carbons (Fsp3) is 0.240. The number of ether oxygens (including phenoxy) is 1. The summed E-state index contributed by atoms with van der Waals surface area (Å²) in [6, 6.07) is 9.03. The number of aryl methyl sites for hydroxylation is 1. The Labute approximate surface area is 202 Å². The summed E-state index contributed by atoms with van der Waals surface area (Å²) in [5, 5.41) is 19.7. The van der Waals surface area contributed by atoms with Crippen molar-refractivity contribution >= 4 is 17.6 Å². The van der Waals surface area contributed by atoms with Crippen molar-refractivity contribution < 1.29 is 19.4 Å². The van der Waals surface area contributed by atoms with Crippen molar-refractivity contribution in [1.29, 1.82) is 0 Å². The van der Waals surface area contributed by atoms with E-state index in [9.17, 15) is 9.59 Å². The Morgan fingerprint density at radius 1 is 1.11 bits per heavy atom. The molecule has 180 valence electrons. The zero-order valence-corrected chi connectivity index (χ0v) is 20.1. The van der Waals surface area contributed by atoms with Crippen molar-refractivity contribution in [3.05, 3.63) is 77.6 Å². The molecular formula is C25H26N6O4. The Morgan fingerprint density at radius 3 is 2.49 bits per heavy atom. The van der Waals surface area contributed by atoms with Crippen LogP contribution < -0.4 is 10.1 Å². The number of carbonyl (C=O) groups excluding carboxylic acids is 1. The molecule has 2 aromatic carbocycles. The molecule has 35 heavy (non-hydrogen) atoms. The van der Waals surface area contributed by atoms with Gasteiger partial charge in [0.1, 0.15) is 0 Å². The lowest BCUT2D eigenvalue weighted by Gasteiger charge is -2.24. The van der Waals surface area contributed by atoms with Crippen LogP contribution in [0.3, 0.4) is 0 Å². The van der Waals surface area contributed by atoms with Gasteiger partial charge < -0.3 is 19.7 Å². The molecule has 0 saturated carbocycles. The van der Waals surface area contributed by atoms with E-state index in [1.807, 2.05) is 29.8 Å². The molecule has 0 unspecified atom stereocenters. The summed E-state index contributed by atoms with van der Waals surface area (Å²) in [5.41, 5.74) is 3.62. The van der Waals surface area contributed by atoms with E-state index < -0.39 is 5.97 Å². The fourth-order valence-electron chi connectivity index (χ4n) is 3.62. The van der Waals surface area contributed by atoms with Crippen molar-refractivity contribution in [2.75, 3.05) is 12.4 Å². The molecule has 0 radical (unpaired) electrons. The molecule has 0 aliphatic carbocycles. The number of carboxylic acids is 1. The molecule has 0 fully saturated rings. The number of aromatic nitrogens is 5. The Morgan fingerprint density at radius 2 is 1.89 bits per heavy atom. The number of hydrogen-bond donors (Lipinski definition) is 2. The molecule has 0 aliphatic rings. The molecule has 4 aromatic rings. The zero-order chi connectivity index (χ0) is 25.3. The van der Waals surface area contributed by atoms with Crippen LogP contribution in [0.5, 0.6) is 5.75 Å². The minimum Gasteiger partial charge on any atom is -0.492 e. The van der Waals surface area contributed by atoms with E-state index in [-0.39, 0.29) is 17.0 Å². The van der Waals surface area contributed by atoms with E-state index in [2.05, 4.69) is 41.4 Å². The van der Waals surface area contributed by atoms with Crippen molar-refractivity contribution in [1.82, 2.24) is 24.5 Å². The van der Waals surface area contributed by atoms with E-state index in [1.165, 1.54) is 10.9 Å². The summed E-state index contributed by atoms with van der Waals surface area (Å²) < 4.78 is 8.87. The van der Waals surface area contributed by atoms with Gasteiger partial charge in [-0.15, -0.1) is 5.10 Å². The first-order chi connectivity index (χ1) is 16.6. The van der Waals surface area contributed by atoms with Crippen LogP contribution in [0.4, 0.5) is 5.69 Å². The topological polar surface area (TPSA) is 124 Å². The van der Waals surface area contributed by atoms with Gasteiger partial charge in [0, 0.05) is 18.0 Å². The van der Waals surface area contributed by atoms with E-state index in [0.717, 1.165) is 16.8 Å². The summed E-state index contributed by atoms with van der Waals surface area (Å²) in [6.07, 6.45) is 6.46. The summed E-state index contributed by atoms with van der Waals surface area (Å²) in [4.78, 5) is 28.6. The quantitative estimate of drug-likeness (QED) is 0.432. The number of imidazole rings is 1. The lowest BCUT2D eigenvalue weighted by molar-refractivity contribution is 0.0690. The second-order valence-electron chi connectivity index (χ2n) is 9.11. The molecule has 0 bridgehead atoms. The highest BCUT2D eigenvalue weighted by molar-refractivity contribution is 6.06. The fourth-order valence-corrected chi connectivity index (χ4v) is 3.62. The van der Waals surface area contributed by atoms with Gasteiger partial charge in [-0.3, -0.25) is 4.79 Å². The van der Waals surface area contributed by atoms with Gasteiger partial charge in [-0.05, 0) is 47.7 Å². The lowest BCUT2D eigenvalue weighted by atomic mass is 9.86. The number of anilines is 1. The third kappa shape index (κ3) is 4.77. The molecule has 2 aromatic heterocycles. The Bertz CT molecular complexity index is 1400. The lowest BCUT2D eigenvalue weighted by Crippen LogP contribution is -2.17. The van der Waals surface area contributed by atoms with Gasteiger partial charge in [-0.2, -0.15) is 0 Å². The monoisotopic (exact) mass is 474 g/mol. The normalized spacial score (nSPS) is 11.3. The molecule has 10 nitrogen and oxygen atoms in total. The smallest absolute Gasteiger partial charge is 0.358 e. The van der Waals surface area contributed by atoms with Gasteiger partial charge in [-0.1, -0.05) is 32.1 Å². The molecule has 4 rings (SSSR count). The minimum absolute atomic E-state index is 0.185. The van der Waals surface area contributed by atoms with Crippen molar-refractivity contribution in [2.24, 2.45) is 0 Å². The first kappa shape index (κ1) is 23.7. The number of nitrogens with zero attached hydrogens (tertiary/aromatic N) is 5. The first-order valence-corrected chi connectivity index (χ1v) is 10.9. The van der Waals surface area contributed by atoms with E-state index >= 15 is 0 Å². The van der Waals surface area contributed by atoms with Crippen LogP contribution in [-0.2, 0) is 5.41 Å². The molecule has 2 N–H and O–H groups in total. The zero-order valence-electron chi connectivity index (χ0n) is 20.1. The van der Waals surface area contributed by atoms with Gasteiger partial charge in [0.05, 0.1) is 36.7 Å². The molecule has 0 saturated heterocycles. The molecule has 10 heteroatoms. The predicted molar refractivity (Wildman–Crippen MR) is 130 cm³/mol. The van der Waals surface area contributed by atoms with Gasteiger partial charge >= 0.3 is 5.97 Å². The van der Waals surface area contributed by atoms with Gasteiger partial charge in [-0.25, -0.2) is 14.5 Å². The molecule has 1 amide bonds. The summed E-state index contributed by atoms with van der Waals surface area (Å²) in [5.74, 6) is -1.04. The third-order valence-electron chi connectivity index (χ3n) is 5.60. The second kappa shape index (κ2) is 9.05. The molecular weight excluding hydrogens is 448 g/mol. The van der Waals surface area contributed by atoms with Crippen LogP contribution in [0.1, 0.15) is 52.7 Å². The maximum atomic E-state index is 13.3. The van der Waals surface area contributed by atoms with Crippen LogP contribution in [-0.4, -0.2) is 48.6 Å². The summed E-state index contributed by atoms with van der Waals surface area (Å²) in [7, 11) is 1.55. The van der Waals surface area contributed by atoms with Crippen molar-refractivity contribution in [3.63, 3.8) is 0 Å². The summed E-state index contributed by atoms with van der Waals surface area (Å²) in [6.45, 7) is 8.11. The van der Waals surface area contributed by atoms with Crippen LogP contribution >= 0.6 is 0 Å². The maximum absolute atomic E-state index is 13.3. The largest absolute Gasteiger partial charge is 0.492 e. The Balaban J connectivity index is 1.74. The number of nitrogens with one attached hydrogen (secondary N) is 1. The van der Waals surface area contributed by atoms with E-state index in [1.54, 1.807) is 37.8 Å². The first-order valence-electron chi connectivity index (χ1n) is 10.9. The maximum Gasteiger partial charge on any atom is 0.358 e. The average Bonchev–Trinajstić information content (AvgIpc) is 3.51. The van der Waals surface area contributed by atoms with Crippen LogP contribution in [0.2, 0.25) is 0 Å². The standard InChI is InChI=1S/C25H26N6O4/c1-15-6-7-16(10-20(15)31-13-19(24(33)34)28-29-31)23(32)27-18-11-17(25(2,3)4)12-21(22(18)35-5)30-9-8-26-14-30/h6-14H,1-5H3,(H,27,32)(H,33,34). The van der Waals surface area contributed by atoms with Crippen LogP contribution in [0.25, 0.3) is 11.4 Å². The summed E-state index contributed by atoms with van der Waals surface area (Å²) >= 11 is 0. The Kier molecular flexibility index (Phi) is 6.12. The van der Waals surface area contributed by atoms with Gasteiger partial charge in [0.15, 0.2) is 11.4 Å². The Hall–Kier alpha value is -4.47. The van der Waals surface area contributed by atoms with Crippen molar-refractivity contribution in [3.8, 4) is 17.1 Å². The van der Waals surface area contributed by atoms with Crippen molar-refractivity contribution in [2.45, 2.75) is 33.1 Å². The highest BCUT2D eigenvalue weighted by Gasteiger charge is 2.22. The van der Waals surface area contributed by atoms with E-state index in [0.29, 0.717) is 22.7 Å². The highest BCUT2D eigenvalue weighted by Crippen LogP contribution is 2.37. The number of rotatable bonds is 6. The predicted octanol–water partition coefficient (Wildman–Crippen LogP) is 4.02. The number of amides is 1. The second-order valence-corrected chi connectivity index (χ2v) is 9.11. The number of hydrogen-bond acceptors (Lipinski definition) is 6. The number of methoxy groups -OCH3 is 1. The number of benzene rings is 2. The van der Waals surface area contributed by atoms with E-state index in [4.69, 9.17) is 9.84 Å². The number of aromatic carboxylic acids is 1. The minimum atomic E-state index is -1.18. The molecule has 0 spiro atoms. The molecule has 0 atom stereocenters. The molecule has 0 aliphatic heterocycles. The third-order valence-corrected chi connectivity index (χ3v) is 5.60. The SMILES string of the molecule is COc1c(NC(=O)c2ccc(C)c(-n3cc(C(=O)O)nn3)c2)cc(C(C)(C)C)cc1-n1ccnc1. The average molecular weight is 475 g/mol. The highest BCUT2D eigenvalue weighted by atomic mass is 16.5. The number of carboxylic acid groups (broad SMARTS) is 1. The van der Waals surface area contributed by atoms with Gasteiger partial charge in [0.25, 0.3) is 5.91 Å². The number of carbonyl (C=O) groups is 2. The van der Waals surface area contributed by atoms with Gasteiger partial charge in [0.2, 0.25) is 0 Å². The molecule has 2 heterocycles.